The standard InChI is InChI=1S/C11H12F2N2O3/c12-7-1-2-8(13)9(5-7)15-10(16)6-14-4-3-11(17)18/h1-2,5,14H,3-4,6H2,(H,15,16)(H,17,18). The molecule has 0 bridgehead atoms. The van der Waals surface area contributed by atoms with Gasteiger partial charge in [0.1, 0.15) is 11.6 Å². The van der Waals surface area contributed by atoms with Crippen molar-refractivity contribution in [1.82, 2.24) is 5.32 Å². The summed E-state index contributed by atoms with van der Waals surface area (Å²) < 4.78 is 25.9. The van der Waals surface area contributed by atoms with Crippen LogP contribution in [-0.2, 0) is 9.59 Å². The Hall–Kier alpha value is -2.02. The second-order valence-corrected chi connectivity index (χ2v) is 3.49. The van der Waals surface area contributed by atoms with Gasteiger partial charge in [-0.25, -0.2) is 8.78 Å². The van der Waals surface area contributed by atoms with E-state index in [9.17, 15) is 18.4 Å². The van der Waals surface area contributed by atoms with Gasteiger partial charge >= 0.3 is 5.97 Å². The monoisotopic (exact) mass is 258 g/mol. The molecule has 0 aliphatic carbocycles. The van der Waals surface area contributed by atoms with E-state index in [2.05, 4.69) is 10.6 Å². The van der Waals surface area contributed by atoms with E-state index < -0.39 is 23.5 Å². The highest BCUT2D eigenvalue weighted by molar-refractivity contribution is 5.92. The molecule has 0 spiro atoms. The van der Waals surface area contributed by atoms with Crippen LogP contribution in [0.5, 0.6) is 0 Å². The van der Waals surface area contributed by atoms with Gasteiger partial charge in [-0.15, -0.1) is 0 Å². The number of halogens is 2. The summed E-state index contributed by atoms with van der Waals surface area (Å²) in [4.78, 5) is 21.5. The molecule has 0 fully saturated rings. The second kappa shape index (κ2) is 6.65. The summed E-state index contributed by atoms with van der Waals surface area (Å²) in [6.07, 6.45) is -0.123. The number of hydrogen-bond donors (Lipinski definition) is 3. The second-order valence-electron chi connectivity index (χ2n) is 3.49. The van der Waals surface area contributed by atoms with Crippen LogP contribution in [0.2, 0.25) is 0 Å². The quantitative estimate of drug-likeness (QED) is 0.664. The number of nitrogens with one attached hydrogen (secondary N) is 2. The molecule has 3 N–H and O–H groups in total. The maximum atomic E-state index is 13.1. The minimum absolute atomic E-state index is 0.119. The Morgan fingerprint density at radius 3 is 2.67 bits per heavy atom. The van der Waals surface area contributed by atoms with Crippen LogP contribution in [0, 0.1) is 11.6 Å². The topological polar surface area (TPSA) is 78.4 Å². The van der Waals surface area contributed by atoms with E-state index in [0.29, 0.717) is 0 Å². The number of anilines is 1. The van der Waals surface area contributed by atoms with Crippen LogP contribution >= 0.6 is 0 Å². The van der Waals surface area contributed by atoms with Gasteiger partial charge in [-0.05, 0) is 12.1 Å². The van der Waals surface area contributed by atoms with E-state index in [1.54, 1.807) is 0 Å². The lowest BCUT2D eigenvalue weighted by Gasteiger charge is -2.07. The molecule has 0 unspecified atom stereocenters. The lowest BCUT2D eigenvalue weighted by atomic mass is 10.3. The fourth-order valence-corrected chi connectivity index (χ4v) is 1.18. The van der Waals surface area contributed by atoms with Crippen molar-refractivity contribution < 1.29 is 23.5 Å². The Morgan fingerprint density at radius 1 is 1.28 bits per heavy atom. The molecular weight excluding hydrogens is 246 g/mol. The van der Waals surface area contributed by atoms with E-state index in [1.807, 2.05) is 0 Å². The van der Waals surface area contributed by atoms with Gasteiger partial charge in [-0.3, -0.25) is 9.59 Å². The minimum atomic E-state index is -0.987. The first kappa shape index (κ1) is 14.0. The van der Waals surface area contributed by atoms with Crippen molar-refractivity contribution in [2.75, 3.05) is 18.4 Å². The van der Waals surface area contributed by atoms with Crippen molar-refractivity contribution in [3.05, 3.63) is 29.8 Å². The molecule has 7 heteroatoms. The van der Waals surface area contributed by atoms with Crippen molar-refractivity contribution in [2.45, 2.75) is 6.42 Å². The summed E-state index contributed by atoms with van der Waals surface area (Å²) in [6.45, 7) is -0.0579. The number of carbonyl (C=O) groups is 2. The minimum Gasteiger partial charge on any atom is -0.481 e. The van der Waals surface area contributed by atoms with Gasteiger partial charge in [-0.2, -0.15) is 0 Å². The summed E-state index contributed by atoms with van der Waals surface area (Å²) >= 11 is 0. The SMILES string of the molecule is O=C(O)CCNCC(=O)Nc1cc(F)ccc1F. The Balaban J connectivity index is 2.40. The van der Waals surface area contributed by atoms with Crippen molar-refractivity contribution in [1.29, 1.82) is 0 Å². The average molecular weight is 258 g/mol. The number of rotatable bonds is 6. The number of benzene rings is 1. The summed E-state index contributed by atoms with van der Waals surface area (Å²) in [5, 5.41) is 13.1. The fraction of sp³-hybridized carbons (Fsp3) is 0.273. The molecule has 0 radical (unpaired) electrons. The number of carboxylic acids is 1. The van der Waals surface area contributed by atoms with Gasteiger partial charge in [0, 0.05) is 12.6 Å². The van der Waals surface area contributed by atoms with Crippen LogP contribution in [0.4, 0.5) is 14.5 Å². The molecule has 0 aliphatic heterocycles. The van der Waals surface area contributed by atoms with Crippen LogP contribution in [0.1, 0.15) is 6.42 Å². The third-order valence-corrected chi connectivity index (χ3v) is 2.00. The molecule has 1 amide bonds. The van der Waals surface area contributed by atoms with Gasteiger partial charge in [0.25, 0.3) is 0 Å². The van der Waals surface area contributed by atoms with E-state index in [1.165, 1.54) is 0 Å². The average Bonchev–Trinajstić information content (AvgIpc) is 2.29. The van der Waals surface area contributed by atoms with E-state index >= 15 is 0 Å². The molecule has 0 saturated heterocycles. The van der Waals surface area contributed by atoms with Gasteiger partial charge in [-0.1, -0.05) is 0 Å². The van der Waals surface area contributed by atoms with Gasteiger partial charge in [0.2, 0.25) is 5.91 Å². The number of carbonyl (C=O) groups excluding carboxylic acids is 1. The molecule has 1 aromatic rings. The molecule has 0 aromatic heterocycles. The van der Waals surface area contributed by atoms with Crippen LogP contribution in [0.3, 0.4) is 0 Å². The van der Waals surface area contributed by atoms with Crippen molar-refractivity contribution in [3.8, 4) is 0 Å². The Bertz CT molecular complexity index is 452. The summed E-state index contributed by atoms with van der Waals surface area (Å²) in [5.41, 5.74) is -0.250. The first-order chi connectivity index (χ1) is 8.49. The highest BCUT2D eigenvalue weighted by Gasteiger charge is 2.08. The highest BCUT2D eigenvalue weighted by atomic mass is 19.1. The van der Waals surface area contributed by atoms with Gasteiger partial charge in [0.05, 0.1) is 18.7 Å². The summed E-state index contributed by atoms with van der Waals surface area (Å²) in [5.74, 6) is -2.97. The van der Waals surface area contributed by atoms with Crippen LogP contribution in [-0.4, -0.2) is 30.1 Å². The number of hydrogen-bond acceptors (Lipinski definition) is 3. The smallest absolute Gasteiger partial charge is 0.304 e. The third-order valence-electron chi connectivity index (χ3n) is 2.00. The van der Waals surface area contributed by atoms with E-state index in [4.69, 9.17) is 5.11 Å². The van der Waals surface area contributed by atoms with E-state index in [-0.39, 0.29) is 25.2 Å². The number of aliphatic carboxylic acids is 1. The lowest BCUT2D eigenvalue weighted by Crippen LogP contribution is -2.29. The van der Waals surface area contributed by atoms with Crippen molar-refractivity contribution >= 4 is 17.6 Å². The molecule has 0 aliphatic rings. The molecule has 1 rings (SSSR count). The lowest BCUT2D eigenvalue weighted by molar-refractivity contribution is -0.137. The Labute approximate surface area is 102 Å². The fourth-order valence-electron chi connectivity index (χ4n) is 1.18. The Kier molecular flexibility index (Phi) is 5.19. The number of carboxylic acid groups (broad SMARTS) is 1. The normalized spacial score (nSPS) is 10.1. The molecule has 98 valence electrons. The van der Waals surface area contributed by atoms with Crippen molar-refractivity contribution in [3.63, 3.8) is 0 Å². The summed E-state index contributed by atoms with van der Waals surface area (Å²) in [7, 11) is 0. The predicted octanol–water partition coefficient (Wildman–Crippen LogP) is 0.968. The number of amides is 1. The molecule has 0 saturated carbocycles. The molecule has 0 atom stereocenters. The first-order valence-corrected chi connectivity index (χ1v) is 5.16. The van der Waals surface area contributed by atoms with Gasteiger partial charge in [0.15, 0.2) is 0 Å². The first-order valence-electron chi connectivity index (χ1n) is 5.16. The maximum absolute atomic E-state index is 13.1. The van der Waals surface area contributed by atoms with E-state index in [0.717, 1.165) is 18.2 Å². The van der Waals surface area contributed by atoms with Gasteiger partial charge < -0.3 is 15.7 Å². The molecule has 5 nitrogen and oxygen atoms in total. The zero-order chi connectivity index (χ0) is 13.5. The predicted molar refractivity (Wildman–Crippen MR) is 60.1 cm³/mol. The Morgan fingerprint density at radius 2 is 2.00 bits per heavy atom. The van der Waals surface area contributed by atoms with Crippen LogP contribution in [0.25, 0.3) is 0 Å². The zero-order valence-corrected chi connectivity index (χ0v) is 9.37. The van der Waals surface area contributed by atoms with Crippen LogP contribution < -0.4 is 10.6 Å². The maximum Gasteiger partial charge on any atom is 0.304 e. The summed E-state index contributed by atoms with van der Waals surface area (Å²) in [6, 6.07) is 2.71. The molecular formula is C11H12F2N2O3. The zero-order valence-electron chi connectivity index (χ0n) is 9.37. The molecule has 18 heavy (non-hydrogen) atoms. The van der Waals surface area contributed by atoms with Crippen LogP contribution in [0.15, 0.2) is 18.2 Å². The third kappa shape index (κ3) is 4.88. The van der Waals surface area contributed by atoms with Crippen molar-refractivity contribution in [2.24, 2.45) is 0 Å². The highest BCUT2D eigenvalue weighted by Crippen LogP contribution is 2.14. The molecule has 0 heterocycles. The largest absolute Gasteiger partial charge is 0.481 e. The molecule has 1 aromatic carbocycles.